The van der Waals surface area contributed by atoms with Crippen molar-refractivity contribution in [3.63, 3.8) is 0 Å². The first-order chi connectivity index (χ1) is 7.61. The van der Waals surface area contributed by atoms with Crippen LogP contribution in [0.2, 0.25) is 0 Å². The quantitative estimate of drug-likeness (QED) is 0.708. The summed E-state index contributed by atoms with van der Waals surface area (Å²) in [7, 11) is 0. The van der Waals surface area contributed by atoms with Crippen LogP contribution in [0.4, 0.5) is 0 Å². The Balaban J connectivity index is 2.28. The van der Waals surface area contributed by atoms with Crippen molar-refractivity contribution in [1.29, 1.82) is 0 Å². The summed E-state index contributed by atoms with van der Waals surface area (Å²) in [5.74, 6) is -0.416. The van der Waals surface area contributed by atoms with Crippen LogP contribution >= 0.6 is 0 Å². The van der Waals surface area contributed by atoms with Crippen LogP contribution in [0.3, 0.4) is 0 Å². The van der Waals surface area contributed by atoms with Gasteiger partial charge in [-0.25, -0.2) is 0 Å². The van der Waals surface area contributed by atoms with Gasteiger partial charge in [-0.15, -0.1) is 0 Å². The van der Waals surface area contributed by atoms with E-state index in [0.717, 1.165) is 5.56 Å². The van der Waals surface area contributed by atoms with Crippen LogP contribution in [0.25, 0.3) is 0 Å². The summed E-state index contributed by atoms with van der Waals surface area (Å²) in [5, 5.41) is 0. The van der Waals surface area contributed by atoms with Crippen molar-refractivity contribution in [1.82, 2.24) is 4.90 Å². The Morgan fingerprint density at radius 1 is 1.12 bits per heavy atom. The Hall–Kier alpha value is -1.90. The van der Waals surface area contributed by atoms with E-state index in [1.54, 1.807) is 6.92 Å². The van der Waals surface area contributed by atoms with Gasteiger partial charge in [0, 0.05) is 11.6 Å². The second-order valence-electron chi connectivity index (χ2n) is 3.93. The lowest BCUT2D eigenvalue weighted by Crippen LogP contribution is -2.33. The molecule has 0 spiro atoms. The van der Waals surface area contributed by atoms with Crippen LogP contribution in [0, 0.1) is 0 Å². The van der Waals surface area contributed by atoms with Crippen LogP contribution in [-0.2, 0) is 9.59 Å². The second-order valence-corrected chi connectivity index (χ2v) is 3.93. The first kappa shape index (κ1) is 10.6. The van der Waals surface area contributed by atoms with Crippen LogP contribution in [0.1, 0.15) is 25.5 Å². The Bertz CT molecular complexity index is 462. The molecule has 0 radical (unpaired) electrons. The molecular formula is C13H13NO2. The zero-order chi connectivity index (χ0) is 11.7. The van der Waals surface area contributed by atoms with Gasteiger partial charge >= 0.3 is 0 Å². The predicted molar refractivity (Wildman–Crippen MR) is 60.5 cm³/mol. The van der Waals surface area contributed by atoms with Gasteiger partial charge in [0.15, 0.2) is 0 Å². The molecule has 1 heterocycles. The topological polar surface area (TPSA) is 37.4 Å². The third kappa shape index (κ3) is 1.65. The number of carbonyl (C=O) groups is 2. The summed E-state index contributed by atoms with van der Waals surface area (Å²) >= 11 is 0. The monoisotopic (exact) mass is 215 g/mol. The number of amides is 2. The SMILES string of the molecule is CC1=CC(=O)N(C(C)c2ccccc2)C1=O. The lowest BCUT2D eigenvalue weighted by atomic mass is 10.1. The Kier molecular flexibility index (Phi) is 2.60. The number of imide groups is 1. The molecule has 0 fully saturated rings. The van der Waals surface area contributed by atoms with E-state index in [-0.39, 0.29) is 17.9 Å². The highest BCUT2D eigenvalue weighted by molar-refractivity contribution is 6.16. The number of rotatable bonds is 2. The molecule has 1 atom stereocenters. The van der Waals surface area contributed by atoms with Crippen molar-refractivity contribution in [2.45, 2.75) is 19.9 Å². The highest BCUT2D eigenvalue weighted by atomic mass is 16.2. The normalized spacial score (nSPS) is 17.6. The molecule has 0 aromatic heterocycles. The number of hydrogen-bond donors (Lipinski definition) is 0. The molecule has 16 heavy (non-hydrogen) atoms. The summed E-state index contributed by atoms with van der Waals surface area (Å²) in [5.41, 5.74) is 1.47. The minimum Gasteiger partial charge on any atom is -0.269 e. The van der Waals surface area contributed by atoms with E-state index in [9.17, 15) is 9.59 Å². The molecule has 3 heteroatoms. The fraction of sp³-hybridized carbons (Fsp3) is 0.231. The molecule has 0 saturated carbocycles. The maximum atomic E-state index is 11.8. The maximum absolute atomic E-state index is 11.8. The average molecular weight is 215 g/mol. The van der Waals surface area contributed by atoms with Crippen molar-refractivity contribution < 1.29 is 9.59 Å². The molecular weight excluding hydrogens is 202 g/mol. The molecule has 0 bridgehead atoms. The molecule has 0 N–H and O–H groups in total. The Morgan fingerprint density at radius 2 is 1.75 bits per heavy atom. The predicted octanol–water partition coefficient (Wildman–Crippen LogP) is 2.06. The minimum absolute atomic E-state index is 0.193. The van der Waals surface area contributed by atoms with Gasteiger partial charge in [0.1, 0.15) is 0 Å². The first-order valence-corrected chi connectivity index (χ1v) is 5.22. The van der Waals surface area contributed by atoms with E-state index in [2.05, 4.69) is 0 Å². The molecule has 1 unspecified atom stereocenters. The van der Waals surface area contributed by atoms with Crippen LogP contribution in [0.15, 0.2) is 42.0 Å². The molecule has 82 valence electrons. The van der Waals surface area contributed by atoms with Gasteiger partial charge in [-0.1, -0.05) is 30.3 Å². The van der Waals surface area contributed by atoms with Gasteiger partial charge in [0.05, 0.1) is 6.04 Å². The molecule has 2 amide bonds. The van der Waals surface area contributed by atoms with Gasteiger partial charge < -0.3 is 0 Å². The van der Waals surface area contributed by atoms with Gasteiger partial charge in [-0.2, -0.15) is 0 Å². The lowest BCUT2D eigenvalue weighted by molar-refractivity contribution is -0.139. The van der Waals surface area contributed by atoms with Crippen LogP contribution in [-0.4, -0.2) is 16.7 Å². The summed E-state index contributed by atoms with van der Waals surface area (Å²) in [6.45, 7) is 3.52. The van der Waals surface area contributed by atoms with Crippen molar-refractivity contribution >= 4 is 11.8 Å². The molecule has 0 saturated heterocycles. The molecule has 1 aliphatic heterocycles. The molecule has 1 aromatic rings. The average Bonchev–Trinajstić information content (AvgIpc) is 2.54. The number of nitrogens with zero attached hydrogens (tertiary/aromatic N) is 1. The van der Waals surface area contributed by atoms with E-state index >= 15 is 0 Å². The zero-order valence-electron chi connectivity index (χ0n) is 9.31. The van der Waals surface area contributed by atoms with E-state index in [0.29, 0.717) is 5.57 Å². The number of carbonyl (C=O) groups excluding carboxylic acids is 2. The first-order valence-electron chi connectivity index (χ1n) is 5.22. The largest absolute Gasteiger partial charge is 0.269 e. The Morgan fingerprint density at radius 3 is 2.25 bits per heavy atom. The zero-order valence-corrected chi connectivity index (χ0v) is 9.31. The van der Waals surface area contributed by atoms with Crippen molar-refractivity contribution in [3.05, 3.63) is 47.5 Å². The van der Waals surface area contributed by atoms with Crippen LogP contribution < -0.4 is 0 Å². The smallest absolute Gasteiger partial charge is 0.257 e. The van der Waals surface area contributed by atoms with E-state index in [1.165, 1.54) is 11.0 Å². The van der Waals surface area contributed by atoms with Crippen LogP contribution in [0.5, 0.6) is 0 Å². The van der Waals surface area contributed by atoms with Gasteiger partial charge in [0.2, 0.25) is 0 Å². The van der Waals surface area contributed by atoms with Crippen molar-refractivity contribution in [2.75, 3.05) is 0 Å². The number of benzene rings is 1. The van der Waals surface area contributed by atoms with E-state index in [1.807, 2.05) is 37.3 Å². The standard InChI is InChI=1S/C13H13NO2/c1-9-8-12(15)14(13(9)16)10(2)11-6-4-3-5-7-11/h3-8,10H,1-2H3. The molecule has 1 aromatic carbocycles. The van der Waals surface area contributed by atoms with E-state index in [4.69, 9.17) is 0 Å². The Labute approximate surface area is 94.4 Å². The third-order valence-corrected chi connectivity index (χ3v) is 2.80. The second kappa shape index (κ2) is 3.93. The van der Waals surface area contributed by atoms with Gasteiger partial charge in [0.25, 0.3) is 11.8 Å². The fourth-order valence-electron chi connectivity index (χ4n) is 1.85. The highest BCUT2D eigenvalue weighted by Crippen LogP contribution is 2.25. The summed E-state index contributed by atoms with van der Waals surface area (Å²) in [4.78, 5) is 24.7. The summed E-state index contributed by atoms with van der Waals surface area (Å²) in [6, 6.07) is 9.33. The maximum Gasteiger partial charge on any atom is 0.257 e. The highest BCUT2D eigenvalue weighted by Gasteiger charge is 2.32. The van der Waals surface area contributed by atoms with Gasteiger partial charge in [-0.3, -0.25) is 14.5 Å². The third-order valence-electron chi connectivity index (χ3n) is 2.80. The van der Waals surface area contributed by atoms with Gasteiger partial charge in [-0.05, 0) is 19.4 Å². The van der Waals surface area contributed by atoms with Crippen molar-refractivity contribution in [2.24, 2.45) is 0 Å². The lowest BCUT2D eigenvalue weighted by Gasteiger charge is -2.23. The minimum atomic E-state index is -0.223. The summed E-state index contributed by atoms with van der Waals surface area (Å²) < 4.78 is 0. The molecule has 3 nitrogen and oxygen atoms in total. The van der Waals surface area contributed by atoms with Crippen molar-refractivity contribution in [3.8, 4) is 0 Å². The molecule has 0 aliphatic carbocycles. The van der Waals surface area contributed by atoms with E-state index < -0.39 is 0 Å². The molecule has 1 aliphatic rings. The molecule has 2 rings (SSSR count). The number of hydrogen-bond acceptors (Lipinski definition) is 2. The summed E-state index contributed by atoms with van der Waals surface area (Å²) in [6.07, 6.45) is 1.39. The fourth-order valence-corrected chi connectivity index (χ4v) is 1.85.